The van der Waals surface area contributed by atoms with E-state index >= 15 is 0 Å². The van der Waals surface area contributed by atoms with Gasteiger partial charge in [0.1, 0.15) is 0 Å². The fraction of sp³-hybridized carbons (Fsp3) is 0.231. The van der Waals surface area contributed by atoms with E-state index in [1.165, 1.54) is 16.5 Å². The van der Waals surface area contributed by atoms with Crippen molar-refractivity contribution in [2.75, 3.05) is 5.01 Å². The first-order valence-electron chi connectivity index (χ1n) is 5.64. The lowest BCUT2D eigenvalue weighted by molar-refractivity contribution is 0.886. The molecule has 0 saturated carbocycles. The number of para-hydroxylation sites is 1. The van der Waals surface area contributed by atoms with E-state index in [1.807, 2.05) is 11.1 Å². The van der Waals surface area contributed by atoms with Crippen LogP contribution in [0.5, 0.6) is 0 Å². The summed E-state index contributed by atoms with van der Waals surface area (Å²) in [6.07, 6.45) is 4.44. The highest BCUT2D eigenvalue weighted by Gasteiger charge is 2.24. The van der Waals surface area contributed by atoms with Crippen molar-refractivity contribution in [3.05, 3.63) is 47.1 Å². The molecule has 1 aliphatic heterocycles. The summed E-state index contributed by atoms with van der Waals surface area (Å²) in [5.74, 6) is 6.17. The van der Waals surface area contributed by atoms with Crippen molar-refractivity contribution in [1.82, 2.24) is 0 Å². The molecule has 2 aliphatic rings. The number of nitrogens with zero attached hydrogens (tertiary/aromatic N) is 1. The molecule has 1 aliphatic carbocycles. The zero-order chi connectivity index (χ0) is 11.1. The minimum absolute atomic E-state index is 1.09. The van der Waals surface area contributed by atoms with Crippen LogP contribution >= 0.6 is 0 Å². The quantitative estimate of drug-likeness (QED) is 0.520. The monoisotopic (exact) mass is 209 g/mol. The van der Waals surface area contributed by atoms with Gasteiger partial charge in [0.05, 0.1) is 5.69 Å². The number of hydrazine groups is 1. The second kappa shape index (κ2) is 3.53. The van der Waals surface area contributed by atoms with Crippen molar-refractivity contribution in [3.63, 3.8) is 0 Å². The smallest absolute Gasteiger partial charge is 0.191 e. The zero-order valence-electron chi connectivity index (χ0n) is 9.40. The lowest BCUT2D eigenvalue weighted by Crippen LogP contribution is -2.42. The Labute approximate surface area is 96.7 Å². The van der Waals surface area contributed by atoms with Gasteiger partial charge in [0.25, 0.3) is 0 Å². The van der Waals surface area contributed by atoms with Crippen LogP contribution < -0.4 is 16.3 Å². The van der Waals surface area contributed by atoms with E-state index in [-0.39, 0.29) is 0 Å². The predicted octanol–water partition coefficient (Wildman–Crippen LogP) is 1.66. The fourth-order valence-corrected chi connectivity index (χ4v) is 2.37. The van der Waals surface area contributed by atoms with Crippen LogP contribution in [0.2, 0.25) is 0 Å². The molecular weight excluding hydrogens is 195 g/mol. The average molecular weight is 209 g/mol. The molecule has 3 heteroatoms. The topological polar surface area (TPSA) is 29.3 Å². The van der Waals surface area contributed by atoms with E-state index in [1.54, 1.807) is 0 Å². The van der Waals surface area contributed by atoms with E-state index < -0.39 is 0 Å². The lowest BCUT2D eigenvalue weighted by atomic mass is 9.57. The molecule has 0 fully saturated rings. The van der Waals surface area contributed by atoms with E-state index in [0.29, 0.717) is 0 Å². The molecule has 0 spiro atoms. The first kappa shape index (κ1) is 9.73. The summed E-state index contributed by atoms with van der Waals surface area (Å²) in [6, 6.07) is 8.26. The van der Waals surface area contributed by atoms with Gasteiger partial charge in [0.2, 0.25) is 0 Å². The molecule has 0 amide bonds. The van der Waals surface area contributed by atoms with Gasteiger partial charge in [-0.25, -0.2) is 5.84 Å². The van der Waals surface area contributed by atoms with Gasteiger partial charge >= 0.3 is 0 Å². The number of nitrogens with two attached hydrogens (primary N) is 1. The third-order valence-electron chi connectivity index (χ3n) is 3.29. The third kappa shape index (κ3) is 1.40. The lowest BCUT2D eigenvalue weighted by Gasteiger charge is -2.33. The summed E-state index contributed by atoms with van der Waals surface area (Å²) >= 11 is 0. The third-order valence-corrected chi connectivity index (χ3v) is 3.29. The highest BCUT2D eigenvalue weighted by molar-refractivity contribution is 6.63. The van der Waals surface area contributed by atoms with Gasteiger partial charge in [0.15, 0.2) is 7.28 Å². The molecule has 0 saturated heterocycles. The van der Waals surface area contributed by atoms with Gasteiger partial charge in [-0.05, 0) is 31.9 Å². The summed E-state index contributed by atoms with van der Waals surface area (Å²) in [4.78, 5) is 0. The normalized spacial score (nSPS) is 18.6. The average Bonchev–Trinajstić information content (AvgIpc) is 2.31. The number of anilines is 1. The molecule has 0 bridgehead atoms. The number of hydrogen-bond donors (Lipinski definition) is 1. The maximum Gasteiger partial charge on any atom is 0.191 e. The second-order valence-electron chi connectivity index (χ2n) is 4.47. The Morgan fingerprint density at radius 3 is 2.94 bits per heavy atom. The molecule has 2 N–H and O–H groups in total. The van der Waals surface area contributed by atoms with E-state index in [4.69, 9.17) is 5.84 Å². The Bertz CT molecular complexity index is 502. The molecule has 1 radical (unpaired) electrons. The number of fused-ring (bicyclic) bond motifs is 1. The molecule has 3 rings (SSSR count). The molecule has 1 aromatic rings. The summed E-state index contributed by atoms with van der Waals surface area (Å²) in [6.45, 7) is 2.16. The van der Waals surface area contributed by atoms with Gasteiger partial charge in [-0.1, -0.05) is 34.7 Å². The van der Waals surface area contributed by atoms with Gasteiger partial charge < -0.3 is 0 Å². The molecule has 16 heavy (non-hydrogen) atoms. The van der Waals surface area contributed by atoms with E-state index in [0.717, 1.165) is 24.2 Å². The Kier molecular flexibility index (Phi) is 2.15. The molecule has 2 nitrogen and oxygen atoms in total. The van der Waals surface area contributed by atoms with Crippen LogP contribution in [0.15, 0.2) is 47.1 Å². The van der Waals surface area contributed by atoms with E-state index in [9.17, 15) is 0 Å². The summed E-state index contributed by atoms with van der Waals surface area (Å²) in [5, 5.41) is 1.81. The van der Waals surface area contributed by atoms with Crippen LogP contribution in [0.25, 0.3) is 0 Å². The largest absolute Gasteiger partial charge is 0.281 e. The van der Waals surface area contributed by atoms with Crippen LogP contribution in [0.4, 0.5) is 5.69 Å². The first-order chi connectivity index (χ1) is 7.75. The molecular formula is C13H14BN2. The number of rotatable bonds is 0. The van der Waals surface area contributed by atoms with Gasteiger partial charge in [-0.3, -0.25) is 5.01 Å². The van der Waals surface area contributed by atoms with Crippen LogP contribution in [-0.4, -0.2) is 7.28 Å². The van der Waals surface area contributed by atoms with Gasteiger partial charge in [-0.2, -0.15) is 0 Å². The summed E-state index contributed by atoms with van der Waals surface area (Å²) in [7, 11) is 2.26. The second-order valence-corrected chi connectivity index (χ2v) is 4.47. The maximum atomic E-state index is 6.17. The minimum Gasteiger partial charge on any atom is -0.281 e. The van der Waals surface area contributed by atoms with Crippen molar-refractivity contribution in [3.8, 4) is 0 Å². The fourth-order valence-electron chi connectivity index (χ4n) is 2.37. The summed E-state index contributed by atoms with van der Waals surface area (Å²) < 4.78 is 0. The first-order valence-corrected chi connectivity index (χ1v) is 5.64. The van der Waals surface area contributed by atoms with Crippen LogP contribution in [0, 0.1) is 0 Å². The van der Waals surface area contributed by atoms with Crippen molar-refractivity contribution < 1.29 is 0 Å². The molecule has 0 unspecified atom stereocenters. The van der Waals surface area contributed by atoms with Crippen molar-refractivity contribution in [2.45, 2.75) is 19.8 Å². The van der Waals surface area contributed by atoms with Crippen LogP contribution in [0.1, 0.15) is 19.8 Å². The highest BCUT2D eigenvalue weighted by Crippen LogP contribution is 2.29. The number of benzene rings is 1. The Morgan fingerprint density at radius 2 is 2.06 bits per heavy atom. The van der Waals surface area contributed by atoms with Gasteiger partial charge in [0, 0.05) is 5.70 Å². The van der Waals surface area contributed by atoms with Crippen LogP contribution in [-0.2, 0) is 0 Å². The van der Waals surface area contributed by atoms with Crippen molar-refractivity contribution in [2.24, 2.45) is 5.84 Å². The van der Waals surface area contributed by atoms with Crippen molar-refractivity contribution in [1.29, 1.82) is 0 Å². The molecule has 79 valence electrons. The van der Waals surface area contributed by atoms with Gasteiger partial charge in [-0.15, -0.1) is 0 Å². The Morgan fingerprint density at radius 1 is 1.25 bits per heavy atom. The number of allylic oxidation sites excluding steroid dienone is 3. The highest BCUT2D eigenvalue weighted by atomic mass is 15.4. The number of hydrogen-bond acceptors (Lipinski definition) is 2. The maximum absolute atomic E-state index is 6.17. The summed E-state index contributed by atoms with van der Waals surface area (Å²) in [5.41, 5.74) is 6.22. The molecule has 0 atom stereocenters. The van der Waals surface area contributed by atoms with Crippen molar-refractivity contribution >= 4 is 18.4 Å². The SMILES string of the molecule is CC1=CC2=C([B]c3ccccc3N2N)CC1. The van der Waals surface area contributed by atoms with Crippen LogP contribution in [0.3, 0.4) is 0 Å². The van der Waals surface area contributed by atoms with E-state index in [2.05, 4.69) is 38.5 Å². The molecule has 1 heterocycles. The minimum atomic E-state index is 1.09. The molecule has 1 aromatic carbocycles. The Balaban J connectivity index is 2.10. The molecule has 0 aromatic heterocycles. The Hall–Kier alpha value is -1.48. The predicted molar refractivity (Wildman–Crippen MR) is 68.5 cm³/mol. The zero-order valence-corrected chi connectivity index (χ0v) is 9.40. The standard InChI is InChI=1S/C13H14BN2/c1-9-6-7-11-13(8-9)16(15)12-5-3-2-4-10(12)14-11/h2-5,8H,6-7,15H2,1H3.